The lowest BCUT2D eigenvalue weighted by Crippen LogP contribution is -2.33. The van der Waals surface area contributed by atoms with Crippen LogP contribution in [0.15, 0.2) is 11.6 Å². The standard InChI is InChI=1S/C10H17ClN2O/c1-9(11)8-12-4-3-5-13(7-6-12)10(2)14/h1,3-8H2,2H3. The van der Waals surface area contributed by atoms with Crippen molar-refractivity contribution in [1.29, 1.82) is 0 Å². The van der Waals surface area contributed by atoms with Crippen LogP contribution in [0.4, 0.5) is 0 Å². The van der Waals surface area contributed by atoms with Crippen molar-refractivity contribution < 1.29 is 4.79 Å². The summed E-state index contributed by atoms with van der Waals surface area (Å²) in [5.41, 5.74) is 0. The van der Waals surface area contributed by atoms with Gasteiger partial charge in [0.25, 0.3) is 0 Å². The van der Waals surface area contributed by atoms with Crippen LogP contribution in [0.2, 0.25) is 0 Å². The molecule has 1 fully saturated rings. The van der Waals surface area contributed by atoms with Crippen LogP contribution in [0, 0.1) is 0 Å². The molecule has 0 bridgehead atoms. The van der Waals surface area contributed by atoms with Gasteiger partial charge in [0.05, 0.1) is 0 Å². The highest BCUT2D eigenvalue weighted by molar-refractivity contribution is 6.29. The molecule has 14 heavy (non-hydrogen) atoms. The lowest BCUT2D eigenvalue weighted by molar-refractivity contribution is -0.128. The van der Waals surface area contributed by atoms with Gasteiger partial charge in [-0.2, -0.15) is 0 Å². The minimum atomic E-state index is 0.163. The van der Waals surface area contributed by atoms with Crippen LogP contribution in [-0.2, 0) is 4.79 Å². The number of hydrogen-bond acceptors (Lipinski definition) is 2. The Morgan fingerprint density at radius 3 is 2.64 bits per heavy atom. The summed E-state index contributed by atoms with van der Waals surface area (Å²) in [6.07, 6.45) is 1.02. The fraction of sp³-hybridized carbons (Fsp3) is 0.700. The minimum absolute atomic E-state index is 0.163. The number of amides is 1. The molecule has 1 rings (SSSR count). The molecule has 1 saturated heterocycles. The van der Waals surface area contributed by atoms with Crippen molar-refractivity contribution >= 4 is 17.5 Å². The van der Waals surface area contributed by atoms with E-state index >= 15 is 0 Å². The molecule has 0 radical (unpaired) electrons. The zero-order chi connectivity index (χ0) is 10.6. The van der Waals surface area contributed by atoms with Gasteiger partial charge < -0.3 is 4.90 Å². The molecular formula is C10H17ClN2O. The summed E-state index contributed by atoms with van der Waals surface area (Å²) in [5, 5.41) is 0.668. The summed E-state index contributed by atoms with van der Waals surface area (Å²) in [5.74, 6) is 0.163. The lowest BCUT2D eigenvalue weighted by atomic mass is 10.4. The van der Waals surface area contributed by atoms with Crippen molar-refractivity contribution in [3.05, 3.63) is 11.6 Å². The van der Waals surface area contributed by atoms with Crippen molar-refractivity contribution in [2.45, 2.75) is 13.3 Å². The molecule has 3 nitrogen and oxygen atoms in total. The quantitative estimate of drug-likeness (QED) is 0.695. The Morgan fingerprint density at radius 2 is 2.07 bits per heavy atom. The van der Waals surface area contributed by atoms with E-state index in [9.17, 15) is 4.79 Å². The van der Waals surface area contributed by atoms with Crippen molar-refractivity contribution in [3.8, 4) is 0 Å². The highest BCUT2D eigenvalue weighted by atomic mass is 35.5. The third-order valence-corrected chi connectivity index (χ3v) is 2.55. The molecule has 0 spiro atoms. The van der Waals surface area contributed by atoms with Gasteiger partial charge in [0, 0.05) is 44.7 Å². The largest absolute Gasteiger partial charge is 0.342 e. The fourth-order valence-electron chi connectivity index (χ4n) is 1.69. The van der Waals surface area contributed by atoms with Gasteiger partial charge in [-0.3, -0.25) is 9.69 Å². The summed E-state index contributed by atoms with van der Waals surface area (Å²) >= 11 is 5.75. The molecule has 1 aliphatic heterocycles. The van der Waals surface area contributed by atoms with Gasteiger partial charge in [-0.25, -0.2) is 0 Å². The van der Waals surface area contributed by atoms with E-state index in [0.29, 0.717) is 5.03 Å². The summed E-state index contributed by atoms with van der Waals surface area (Å²) in [4.78, 5) is 15.3. The first-order valence-corrected chi connectivity index (χ1v) is 5.28. The predicted molar refractivity (Wildman–Crippen MR) is 58.3 cm³/mol. The summed E-state index contributed by atoms with van der Waals surface area (Å²) in [6, 6.07) is 0. The first-order valence-electron chi connectivity index (χ1n) is 4.90. The van der Waals surface area contributed by atoms with E-state index in [2.05, 4.69) is 11.5 Å². The van der Waals surface area contributed by atoms with Crippen molar-refractivity contribution in [2.75, 3.05) is 32.7 Å². The smallest absolute Gasteiger partial charge is 0.219 e. The molecule has 0 aromatic rings. The van der Waals surface area contributed by atoms with Crippen LogP contribution in [0.5, 0.6) is 0 Å². The molecule has 0 aliphatic carbocycles. The maximum absolute atomic E-state index is 11.1. The topological polar surface area (TPSA) is 23.6 Å². The Bertz CT molecular complexity index is 230. The van der Waals surface area contributed by atoms with Crippen molar-refractivity contribution in [1.82, 2.24) is 9.80 Å². The van der Waals surface area contributed by atoms with E-state index in [1.54, 1.807) is 6.92 Å². The van der Waals surface area contributed by atoms with E-state index in [1.807, 2.05) is 4.90 Å². The molecule has 0 saturated carbocycles. The molecule has 1 amide bonds. The number of nitrogens with zero attached hydrogens (tertiary/aromatic N) is 2. The van der Waals surface area contributed by atoms with Crippen LogP contribution < -0.4 is 0 Å². The number of carbonyl (C=O) groups is 1. The Hall–Kier alpha value is -0.540. The van der Waals surface area contributed by atoms with Gasteiger partial charge in [-0.05, 0) is 6.42 Å². The average molecular weight is 217 g/mol. The molecule has 0 atom stereocenters. The van der Waals surface area contributed by atoms with E-state index in [4.69, 9.17) is 11.6 Å². The van der Waals surface area contributed by atoms with Gasteiger partial charge in [0.1, 0.15) is 0 Å². The zero-order valence-electron chi connectivity index (χ0n) is 8.63. The maximum Gasteiger partial charge on any atom is 0.219 e. The number of rotatable bonds is 2. The van der Waals surface area contributed by atoms with Crippen LogP contribution in [-0.4, -0.2) is 48.4 Å². The monoisotopic (exact) mass is 216 g/mol. The second-order valence-corrected chi connectivity index (χ2v) is 4.19. The predicted octanol–water partition coefficient (Wildman–Crippen LogP) is 1.29. The number of carbonyl (C=O) groups excluding carboxylic acids is 1. The van der Waals surface area contributed by atoms with Crippen molar-refractivity contribution in [3.63, 3.8) is 0 Å². The molecule has 1 heterocycles. The zero-order valence-corrected chi connectivity index (χ0v) is 9.39. The molecule has 80 valence electrons. The van der Waals surface area contributed by atoms with Crippen LogP contribution in [0.3, 0.4) is 0 Å². The average Bonchev–Trinajstić information content (AvgIpc) is 2.28. The Morgan fingerprint density at radius 1 is 1.36 bits per heavy atom. The van der Waals surface area contributed by atoms with Crippen LogP contribution in [0.1, 0.15) is 13.3 Å². The van der Waals surface area contributed by atoms with E-state index in [-0.39, 0.29) is 5.91 Å². The molecular weight excluding hydrogens is 200 g/mol. The normalized spacial score (nSPS) is 19.1. The van der Waals surface area contributed by atoms with Gasteiger partial charge in [-0.15, -0.1) is 0 Å². The van der Waals surface area contributed by atoms with E-state index in [1.165, 1.54) is 0 Å². The highest BCUT2D eigenvalue weighted by Gasteiger charge is 2.16. The molecule has 0 unspecified atom stereocenters. The van der Waals surface area contributed by atoms with Crippen molar-refractivity contribution in [2.24, 2.45) is 0 Å². The Labute approximate surface area is 90.3 Å². The van der Waals surface area contributed by atoms with Gasteiger partial charge in [0.15, 0.2) is 0 Å². The van der Waals surface area contributed by atoms with Gasteiger partial charge >= 0.3 is 0 Å². The summed E-state index contributed by atoms with van der Waals surface area (Å²) in [6.45, 7) is 9.58. The fourth-order valence-corrected chi connectivity index (χ4v) is 1.86. The number of hydrogen-bond donors (Lipinski definition) is 0. The maximum atomic E-state index is 11.1. The van der Waals surface area contributed by atoms with Gasteiger partial charge in [0.2, 0.25) is 5.91 Å². The SMILES string of the molecule is C=C(Cl)CN1CCCN(C(C)=O)CC1. The highest BCUT2D eigenvalue weighted by Crippen LogP contribution is 2.07. The molecule has 0 aromatic heterocycles. The Balaban J connectivity index is 2.40. The summed E-state index contributed by atoms with van der Waals surface area (Å²) < 4.78 is 0. The lowest BCUT2D eigenvalue weighted by Gasteiger charge is -2.20. The minimum Gasteiger partial charge on any atom is -0.342 e. The second kappa shape index (κ2) is 5.37. The van der Waals surface area contributed by atoms with E-state index in [0.717, 1.165) is 39.1 Å². The van der Waals surface area contributed by atoms with Gasteiger partial charge in [-0.1, -0.05) is 18.2 Å². The summed E-state index contributed by atoms with van der Waals surface area (Å²) in [7, 11) is 0. The molecule has 4 heteroatoms. The Kier molecular flexibility index (Phi) is 4.42. The van der Waals surface area contributed by atoms with E-state index < -0.39 is 0 Å². The second-order valence-electron chi connectivity index (χ2n) is 3.65. The third kappa shape index (κ3) is 3.68. The number of halogens is 1. The first-order chi connectivity index (χ1) is 6.59. The molecule has 0 N–H and O–H groups in total. The third-order valence-electron chi connectivity index (χ3n) is 2.43. The molecule has 0 aromatic carbocycles. The van der Waals surface area contributed by atoms with Crippen LogP contribution >= 0.6 is 11.6 Å². The van der Waals surface area contributed by atoms with Crippen LogP contribution in [0.25, 0.3) is 0 Å². The molecule has 1 aliphatic rings. The first kappa shape index (κ1) is 11.5.